The summed E-state index contributed by atoms with van der Waals surface area (Å²) in [6.07, 6.45) is 3.67. The summed E-state index contributed by atoms with van der Waals surface area (Å²) in [6.45, 7) is 0. The maximum absolute atomic E-state index is 8.84. The van der Waals surface area contributed by atoms with Crippen molar-refractivity contribution in [1.29, 1.82) is 5.26 Å². The monoisotopic (exact) mass is 285 g/mol. The molecule has 2 aromatic rings. The SMILES string of the molecule is COc1ccc(N=C(N[n+]2ccccc2)SC#N)cc1. The standard InChI is InChI=1S/C14H13N4OS/c1-19-13-7-5-12(6-8-13)16-14(20-11-15)17-18-9-3-2-4-10-18/h2-10H,1H3,(H,16,17)/q+1. The number of nitrogens with one attached hydrogen (secondary N) is 1. The van der Waals surface area contributed by atoms with E-state index in [4.69, 9.17) is 10.00 Å². The Balaban J connectivity index is 2.18. The molecule has 0 unspecified atom stereocenters. The molecule has 20 heavy (non-hydrogen) atoms. The predicted molar refractivity (Wildman–Crippen MR) is 79.3 cm³/mol. The molecule has 1 heterocycles. The molecule has 0 spiro atoms. The summed E-state index contributed by atoms with van der Waals surface area (Å²) in [6, 6.07) is 13.0. The van der Waals surface area contributed by atoms with Crippen molar-refractivity contribution >= 4 is 22.6 Å². The number of thiocyanates is 1. The number of nitriles is 1. The molecule has 6 heteroatoms. The van der Waals surface area contributed by atoms with Crippen LogP contribution in [0.2, 0.25) is 0 Å². The van der Waals surface area contributed by atoms with E-state index in [1.165, 1.54) is 0 Å². The van der Waals surface area contributed by atoms with Crippen molar-refractivity contribution in [3.05, 3.63) is 54.9 Å². The molecule has 0 bridgehead atoms. The zero-order valence-electron chi connectivity index (χ0n) is 10.9. The van der Waals surface area contributed by atoms with E-state index in [0.29, 0.717) is 5.17 Å². The van der Waals surface area contributed by atoms with Crippen LogP contribution in [-0.2, 0) is 0 Å². The van der Waals surface area contributed by atoms with Crippen molar-refractivity contribution < 1.29 is 9.41 Å². The average molecular weight is 285 g/mol. The van der Waals surface area contributed by atoms with Crippen LogP contribution in [0.4, 0.5) is 5.69 Å². The van der Waals surface area contributed by atoms with Crippen molar-refractivity contribution in [3.63, 3.8) is 0 Å². The van der Waals surface area contributed by atoms with E-state index >= 15 is 0 Å². The van der Waals surface area contributed by atoms with Crippen LogP contribution in [0, 0.1) is 10.7 Å². The Morgan fingerprint density at radius 2 is 1.95 bits per heavy atom. The van der Waals surface area contributed by atoms with Crippen LogP contribution in [0.5, 0.6) is 5.75 Å². The van der Waals surface area contributed by atoms with Gasteiger partial charge in [-0.15, -0.1) is 5.43 Å². The molecular weight excluding hydrogens is 272 g/mol. The number of methoxy groups -OCH3 is 1. The summed E-state index contributed by atoms with van der Waals surface area (Å²) in [5, 5.41) is 11.3. The summed E-state index contributed by atoms with van der Waals surface area (Å²) in [5.41, 5.74) is 3.78. The minimum Gasteiger partial charge on any atom is -0.497 e. The summed E-state index contributed by atoms with van der Waals surface area (Å²) >= 11 is 0.968. The largest absolute Gasteiger partial charge is 0.497 e. The second kappa shape index (κ2) is 7.16. The highest BCUT2D eigenvalue weighted by molar-refractivity contribution is 8.18. The first-order chi connectivity index (χ1) is 9.81. The first-order valence-electron chi connectivity index (χ1n) is 5.84. The lowest BCUT2D eigenvalue weighted by molar-refractivity contribution is -0.639. The maximum Gasteiger partial charge on any atom is 0.234 e. The third kappa shape index (κ3) is 4.00. The topological polar surface area (TPSA) is 61.3 Å². The zero-order chi connectivity index (χ0) is 14.2. The minimum absolute atomic E-state index is 0.494. The van der Waals surface area contributed by atoms with Crippen LogP contribution in [0.15, 0.2) is 59.9 Å². The van der Waals surface area contributed by atoms with Crippen LogP contribution in [-0.4, -0.2) is 12.3 Å². The Morgan fingerprint density at radius 1 is 1.25 bits per heavy atom. The van der Waals surface area contributed by atoms with Crippen LogP contribution >= 0.6 is 11.8 Å². The number of ether oxygens (including phenoxy) is 1. The highest BCUT2D eigenvalue weighted by Gasteiger charge is 2.06. The molecule has 0 aliphatic heterocycles. The molecule has 0 radical (unpaired) electrons. The fraction of sp³-hybridized carbons (Fsp3) is 0.0714. The van der Waals surface area contributed by atoms with Gasteiger partial charge in [-0.3, -0.25) is 0 Å². The molecular formula is C14H13N4OS+. The van der Waals surface area contributed by atoms with E-state index in [1.807, 2.05) is 60.3 Å². The van der Waals surface area contributed by atoms with Gasteiger partial charge in [-0.1, -0.05) is 10.7 Å². The number of aromatic nitrogens is 1. The highest BCUT2D eigenvalue weighted by atomic mass is 32.2. The molecule has 0 aliphatic carbocycles. The van der Waals surface area contributed by atoms with Crippen LogP contribution in [0.3, 0.4) is 0 Å². The minimum atomic E-state index is 0.494. The van der Waals surface area contributed by atoms with E-state index in [9.17, 15) is 0 Å². The lowest BCUT2D eigenvalue weighted by Crippen LogP contribution is -2.46. The predicted octanol–water partition coefficient (Wildman–Crippen LogP) is 2.43. The first-order valence-corrected chi connectivity index (χ1v) is 6.65. The van der Waals surface area contributed by atoms with Gasteiger partial charge in [-0.25, -0.2) is 4.99 Å². The molecule has 0 saturated heterocycles. The average Bonchev–Trinajstić information content (AvgIpc) is 2.49. The van der Waals surface area contributed by atoms with E-state index in [0.717, 1.165) is 23.2 Å². The molecule has 0 aliphatic rings. The zero-order valence-corrected chi connectivity index (χ0v) is 11.7. The van der Waals surface area contributed by atoms with Gasteiger partial charge in [-0.2, -0.15) is 5.26 Å². The van der Waals surface area contributed by atoms with Gasteiger partial charge in [0.2, 0.25) is 5.17 Å². The normalized spacial score (nSPS) is 10.7. The second-order valence-electron chi connectivity index (χ2n) is 3.70. The quantitative estimate of drug-likeness (QED) is 0.407. The van der Waals surface area contributed by atoms with Crippen molar-refractivity contribution in [2.45, 2.75) is 0 Å². The van der Waals surface area contributed by atoms with Crippen molar-refractivity contribution in [1.82, 2.24) is 0 Å². The summed E-state index contributed by atoms with van der Waals surface area (Å²) < 4.78 is 6.82. The molecule has 0 amide bonds. The maximum atomic E-state index is 8.84. The lowest BCUT2D eigenvalue weighted by atomic mass is 10.3. The molecule has 1 N–H and O–H groups in total. The van der Waals surface area contributed by atoms with Crippen molar-refractivity contribution in [2.24, 2.45) is 4.99 Å². The van der Waals surface area contributed by atoms with Gasteiger partial charge >= 0.3 is 0 Å². The number of aliphatic imine (C=N–C) groups is 1. The Kier molecular flexibility index (Phi) is 4.98. The van der Waals surface area contributed by atoms with Gasteiger partial charge in [-0.05, 0) is 24.3 Å². The summed E-state index contributed by atoms with van der Waals surface area (Å²) in [5.74, 6) is 0.767. The fourth-order valence-corrected chi connectivity index (χ4v) is 1.86. The smallest absolute Gasteiger partial charge is 0.234 e. The van der Waals surface area contributed by atoms with Crippen LogP contribution < -0.4 is 14.8 Å². The van der Waals surface area contributed by atoms with E-state index in [1.54, 1.807) is 11.8 Å². The number of thioether (sulfide) groups is 1. The molecule has 1 aromatic heterocycles. The summed E-state index contributed by atoms with van der Waals surface area (Å²) in [7, 11) is 1.61. The van der Waals surface area contributed by atoms with Crippen molar-refractivity contribution in [3.8, 4) is 11.2 Å². The molecule has 100 valence electrons. The fourth-order valence-electron chi connectivity index (χ4n) is 1.47. The number of hydrogen-bond acceptors (Lipinski definition) is 4. The second-order valence-corrected chi connectivity index (χ2v) is 4.48. The van der Waals surface area contributed by atoms with E-state index < -0.39 is 0 Å². The molecule has 5 nitrogen and oxygen atoms in total. The lowest BCUT2D eigenvalue weighted by Gasteiger charge is -2.02. The molecule has 2 rings (SSSR count). The van der Waals surface area contributed by atoms with E-state index in [-0.39, 0.29) is 0 Å². The number of amidine groups is 1. The van der Waals surface area contributed by atoms with E-state index in [2.05, 4.69) is 10.4 Å². The molecule has 0 fully saturated rings. The first kappa shape index (κ1) is 13.9. The highest BCUT2D eigenvalue weighted by Crippen LogP contribution is 2.19. The van der Waals surface area contributed by atoms with Gasteiger partial charge in [0.05, 0.1) is 12.8 Å². The van der Waals surface area contributed by atoms with Gasteiger partial charge in [0.1, 0.15) is 11.2 Å². The Hall–Kier alpha value is -2.52. The van der Waals surface area contributed by atoms with Crippen LogP contribution in [0.1, 0.15) is 0 Å². The summed E-state index contributed by atoms with van der Waals surface area (Å²) in [4.78, 5) is 4.39. The number of benzene rings is 1. The van der Waals surface area contributed by atoms with Gasteiger partial charge in [0.15, 0.2) is 12.4 Å². The van der Waals surface area contributed by atoms with Gasteiger partial charge in [0.25, 0.3) is 0 Å². The number of nitrogens with zero attached hydrogens (tertiary/aromatic N) is 3. The molecule has 0 saturated carbocycles. The third-order valence-electron chi connectivity index (χ3n) is 2.39. The number of hydrogen-bond donors (Lipinski definition) is 1. The molecule has 1 aromatic carbocycles. The van der Waals surface area contributed by atoms with Gasteiger partial charge in [0, 0.05) is 23.9 Å². The molecule has 0 atom stereocenters. The Labute approximate surface area is 121 Å². The Morgan fingerprint density at radius 3 is 2.55 bits per heavy atom. The van der Waals surface area contributed by atoms with Crippen LogP contribution in [0.25, 0.3) is 0 Å². The number of pyridine rings is 1. The van der Waals surface area contributed by atoms with Gasteiger partial charge < -0.3 is 4.74 Å². The Bertz CT molecular complexity index is 620. The number of rotatable bonds is 3. The van der Waals surface area contributed by atoms with Crippen molar-refractivity contribution in [2.75, 3.05) is 12.5 Å². The third-order valence-corrected chi connectivity index (χ3v) is 2.85.